The number of nitrogens with one attached hydrogen (secondary N) is 1. The molecule has 0 saturated heterocycles. The molecule has 2 fully saturated rings. The largest absolute Gasteiger partial charge is 0.317 e. The third kappa shape index (κ3) is 3.48. The third-order valence-corrected chi connectivity index (χ3v) is 4.90. The molecule has 1 heteroatoms. The second-order valence-corrected chi connectivity index (χ2v) is 6.03. The summed E-state index contributed by atoms with van der Waals surface area (Å²) in [6.45, 7) is 0. The molecular formula is C15H29N. The molecule has 16 heavy (non-hydrogen) atoms. The Bertz CT molecular complexity index is 178. The molecule has 1 atom stereocenters. The van der Waals surface area contributed by atoms with Crippen molar-refractivity contribution in [3.05, 3.63) is 0 Å². The van der Waals surface area contributed by atoms with E-state index in [9.17, 15) is 0 Å². The quantitative estimate of drug-likeness (QED) is 0.756. The Balaban J connectivity index is 1.78. The molecule has 94 valence electrons. The van der Waals surface area contributed by atoms with Gasteiger partial charge in [0.15, 0.2) is 0 Å². The minimum absolute atomic E-state index is 0.823. The molecule has 0 aromatic heterocycles. The summed E-state index contributed by atoms with van der Waals surface area (Å²) in [4.78, 5) is 0. The first kappa shape index (κ1) is 12.4. The highest BCUT2D eigenvalue weighted by molar-refractivity contribution is 4.81. The van der Waals surface area contributed by atoms with Gasteiger partial charge in [-0.25, -0.2) is 0 Å². The molecule has 2 rings (SSSR count). The van der Waals surface area contributed by atoms with E-state index in [0.717, 1.165) is 17.9 Å². The van der Waals surface area contributed by atoms with Crippen LogP contribution >= 0.6 is 0 Å². The van der Waals surface area contributed by atoms with E-state index >= 15 is 0 Å². The maximum absolute atomic E-state index is 3.62. The molecule has 0 radical (unpaired) electrons. The first-order valence-electron chi connectivity index (χ1n) is 7.57. The lowest BCUT2D eigenvalue weighted by atomic mass is 9.77. The Morgan fingerprint density at radius 3 is 2.00 bits per heavy atom. The lowest BCUT2D eigenvalue weighted by molar-refractivity contribution is 0.219. The molecule has 2 aliphatic rings. The van der Waals surface area contributed by atoms with Gasteiger partial charge in [-0.1, -0.05) is 51.4 Å². The Hall–Kier alpha value is -0.0400. The second-order valence-electron chi connectivity index (χ2n) is 6.03. The zero-order chi connectivity index (χ0) is 11.2. The summed E-state index contributed by atoms with van der Waals surface area (Å²) in [5.74, 6) is 2.02. The Morgan fingerprint density at radius 1 is 0.875 bits per heavy atom. The van der Waals surface area contributed by atoms with Crippen LogP contribution in [0.3, 0.4) is 0 Å². The van der Waals surface area contributed by atoms with Crippen LogP contribution in [-0.2, 0) is 0 Å². The Labute approximate surface area is 101 Å². The van der Waals surface area contributed by atoms with Gasteiger partial charge in [0.2, 0.25) is 0 Å². The van der Waals surface area contributed by atoms with Crippen LogP contribution in [0, 0.1) is 11.8 Å². The van der Waals surface area contributed by atoms with Crippen molar-refractivity contribution in [2.24, 2.45) is 11.8 Å². The van der Waals surface area contributed by atoms with Gasteiger partial charge in [0.25, 0.3) is 0 Å². The zero-order valence-corrected chi connectivity index (χ0v) is 11.0. The first-order valence-corrected chi connectivity index (χ1v) is 7.57. The van der Waals surface area contributed by atoms with Gasteiger partial charge in [-0.05, 0) is 38.1 Å². The number of hydrogen-bond donors (Lipinski definition) is 1. The van der Waals surface area contributed by atoms with Gasteiger partial charge in [-0.3, -0.25) is 0 Å². The standard InChI is InChI=1S/C15H29N/c1-16-15(14-10-6-3-7-11-14)12-13-8-4-2-5-9-13/h13-16H,2-12H2,1H3. The molecule has 0 heterocycles. The fraction of sp³-hybridized carbons (Fsp3) is 1.00. The minimum Gasteiger partial charge on any atom is -0.317 e. The molecule has 0 amide bonds. The van der Waals surface area contributed by atoms with Crippen molar-refractivity contribution in [1.29, 1.82) is 0 Å². The number of rotatable bonds is 4. The molecule has 0 aliphatic heterocycles. The van der Waals surface area contributed by atoms with Crippen LogP contribution in [0.5, 0.6) is 0 Å². The summed E-state index contributed by atoms with van der Waals surface area (Å²) in [6.07, 6.45) is 16.4. The molecule has 0 spiro atoms. The van der Waals surface area contributed by atoms with Crippen LogP contribution in [0.2, 0.25) is 0 Å². The van der Waals surface area contributed by atoms with Crippen LogP contribution in [0.4, 0.5) is 0 Å². The van der Waals surface area contributed by atoms with Gasteiger partial charge >= 0.3 is 0 Å². The SMILES string of the molecule is CNC(CC1CCCCC1)C1CCCCC1. The van der Waals surface area contributed by atoms with Crippen LogP contribution in [0.1, 0.15) is 70.6 Å². The van der Waals surface area contributed by atoms with Gasteiger partial charge in [-0.2, -0.15) is 0 Å². The van der Waals surface area contributed by atoms with Crippen LogP contribution in [0.15, 0.2) is 0 Å². The predicted molar refractivity (Wildman–Crippen MR) is 70.6 cm³/mol. The van der Waals surface area contributed by atoms with Crippen molar-refractivity contribution in [3.63, 3.8) is 0 Å². The van der Waals surface area contributed by atoms with E-state index in [2.05, 4.69) is 12.4 Å². The summed E-state index contributed by atoms with van der Waals surface area (Å²) >= 11 is 0. The van der Waals surface area contributed by atoms with Crippen molar-refractivity contribution in [2.75, 3.05) is 7.05 Å². The minimum atomic E-state index is 0.823. The van der Waals surface area contributed by atoms with Crippen molar-refractivity contribution in [2.45, 2.75) is 76.7 Å². The fourth-order valence-corrected chi connectivity index (χ4v) is 3.86. The predicted octanol–water partition coefficient (Wildman–Crippen LogP) is 4.13. The van der Waals surface area contributed by atoms with Crippen molar-refractivity contribution in [3.8, 4) is 0 Å². The monoisotopic (exact) mass is 223 g/mol. The molecule has 1 N–H and O–H groups in total. The average Bonchev–Trinajstić information content (AvgIpc) is 2.38. The van der Waals surface area contributed by atoms with E-state index in [4.69, 9.17) is 0 Å². The average molecular weight is 223 g/mol. The van der Waals surface area contributed by atoms with Gasteiger partial charge in [0.1, 0.15) is 0 Å². The molecule has 0 aromatic rings. The topological polar surface area (TPSA) is 12.0 Å². The second kappa shape index (κ2) is 6.64. The van der Waals surface area contributed by atoms with Gasteiger partial charge in [0, 0.05) is 6.04 Å². The maximum Gasteiger partial charge on any atom is 0.00949 e. The van der Waals surface area contributed by atoms with Crippen LogP contribution < -0.4 is 5.32 Å². The summed E-state index contributed by atoms with van der Waals surface area (Å²) in [7, 11) is 2.18. The number of hydrogen-bond acceptors (Lipinski definition) is 1. The van der Waals surface area contributed by atoms with E-state index in [0.29, 0.717) is 0 Å². The highest BCUT2D eigenvalue weighted by atomic mass is 14.9. The maximum atomic E-state index is 3.62. The smallest absolute Gasteiger partial charge is 0.00949 e. The van der Waals surface area contributed by atoms with Crippen LogP contribution in [-0.4, -0.2) is 13.1 Å². The van der Waals surface area contributed by atoms with E-state index in [-0.39, 0.29) is 0 Å². The van der Waals surface area contributed by atoms with Crippen LogP contribution in [0.25, 0.3) is 0 Å². The van der Waals surface area contributed by atoms with E-state index in [1.165, 1.54) is 70.6 Å². The summed E-state index contributed by atoms with van der Waals surface area (Å²) in [6, 6.07) is 0.823. The Kier molecular flexibility index (Phi) is 5.15. The highest BCUT2D eigenvalue weighted by Gasteiger charge is 2.25. The van der Waals surface area contributed by atoms with Crippen molar-refractivity contribution >= 4 is 0 Å². The summed E-state index contributed by atoms with van der Waals surface area (Å²) in [5, 5.41) is 3.62. The fourth-order valence-electron chi connectivity index (χ4n) is 3.86. The van der Waals surface area contributed by atoms with Gasteiger partial charge in [-0.15, -0.1) is 0 Å². The normalized spacial score (nSPS) is 26.8. The summed E-state index contributed by atoms with van der Waals surface area (Å²) in [5.41, 5.74) is 0. The molecule has 0 aromatic carbocycles. The van der Waals surface area contributed by atoms with E-state index in [1.54, 1.807) is 0 Å². The first-order chi connectivity index (χ1) is 7.90. The van der Waals surface area contributed by atoms with Crippen molar-refractivity contribution < 1.29 is 0 Å². The molecule has 2 saturated carbocycles. The van der Waals surface area contributed by atoms with E-state index < -0.39 is 0 Å². The van der Waals surface area contributed by atoms with E-state index in [1.807, 2.05) is 0 Å². The Morgan fingerprint density at radius 2 is 1.44 bits per heavy atom. The molecular weight excluding hydrogens is 194 g/mol. The van der Waals surface area contributed by atoms with Gasteiger partial charge in [0.05, 0.1) is 0 Å². The zero-order valence-electron chi connectivity index (χ0n) is 11.0. The highest BCUT2D eigenvalue weighted by Crippen LogP contribution is 2.33. The molecule has 1 nitrogen and oxygen atoms in total. The molecule has 2 aliphatic carbocycles. The summed E-state index contributed by atoms with van der Waals surface area (Å²) < 4.78 is 0. The molecule has 0 bridgehead atoms. The van der Waals surface area contributed by atoms with Gasteiger partial charge < -0.3 is 5.32 Å². The third-order valence-electron chi connectivity index (χ3n) is 4.90. The van der Waals surface area contributed by atoms with Crippen molar-refractivity contribution in [1.82, 2.24) is 5.32 Å². The lowest BCUT2D eigenvalue weighted by Gasteiger charge is -2.33. The lowest BCUT2D eigenvalue weighted by Crippen LogP contribution is -2.36. The molecule has 1 unspecified atom stereocenters.